The number of rotatable bonds is 6. The second-order valence-electron chi connectivity index (χ2n) is 8.14. The van der Waals surface area contributed by atoms with Gasteiger partial charge in [-0.2, -0.15) is 0 Å². The molecule has 1 N–H and O–H groups in total. The molecular formula is C21H29FN4O2S2. The number of nitrogens with one attached hydrogen (secondary N) is 1. The lowest BCUT2D eigenvalue weighted by atomic mass is 9.86. The van der Waals surface area contributed by atoms with E-state index in [2.05, 4.69) is 33.5 Å². The van der Waals surface area contributed by atoms with Crippen molar-refractivity contribution >= 4 is 32.2 Å². The van der Waals surface area contributed by atoms with E-state index in [9.17, 15) is 8.42 Å². The van der Waals surface area contributed by atoms with Crippen LogP contribution in [0.2, 0.25) is 0 Å². The predicted octanol–water partition coefficient (Wildman–Crippen LogP) is 4.10. The van der Waals surface area contributed by atoms with Gasteiger partial charge in [0, 0.05) is 35.9 Å². The van der Waals surface area contributed by atoms with E-state index >= 15 is 4.39 Å². The van der Waals surface area contributed by atoms with Crippen LogP contribution in [-0.2, 0) is 16.4 Å². The zero-order valence-electron chi connectivity index (χ0n) is 17.5. The summed E-state index contributed by atoms with van der Waals surface area (Å²) in [6.45, 7) is 4.03. The second kappa shape index (κ2) is 8.80. The first-order valence-electron chi connectivity index (χ1n) is 10.6. The molecule has 1 aromatic carbocycles. The number of aromatic nitrogens is 1. The van der Waals surface area contributed by atoms with Crippen molar-refractivity contribution in [3.05, 3.63) is 35.1 Å². The summed E-state index contributed by atoms with van der Waals surface area (Å²) in [6, 6.07) is 3.72. The smallest absolute Gasteiger partial charge is 0.266 e. The van der Waals surface area contributed by atoms with Gasteiger partial charge < -0.3 is 9.80 Å². The summed E-state index contributed by atoms with van der Waals surface area (Å²) in [5.41, 5.74) is 1.76. The molecule has 6 nitrogen and oxygen atoms in total. The lowest BCUT2D eigenvalue weighted by Gasteiger charge is -2.46. The molecule has 0 saturated heterocycles. The quantitative estimate of drug-likeness (QED) is 0.715. The van der Waals surface area contributed by atoms with E-state index in [-0.39, 0.29) is 10.0 Å². The molecule has 1 aromatic heterocycles. The van der Waals surface area contributed by atoms with Gasteiger partial charge in [-0.3, -0.25) is 4.72 Å². The minimum atomic E-state index is -4.02. The molecule has 30 heavy (non-hydrogen) atoms. The molecule has 2 aromatic rings. The van der Waals surface area contributed by atoms with E-state index in [1.807, 2.05) is 0 Å². The topological polar surface area (TPSA) is 65.5 Å². The number of nitrogens with zero attached hydrogens (tertiary/aromatic N) is 3. The first-order valence-corrected chi connectivity index (χ1v) is 13.0. The molecule has 164 valence electrons. The van der Waals surface area contributed by atoms with Gasteiger partial charge in [-0.05, 0) is 57.0 Å². The molecule has 2 atom stereocenters. The number of hydrogen-bond donors (Lipinski definition) is 1. The third kappa shape index (κ3) is 4.20. The fourth-order valence-corrected chi connectivity index (χ4v) is 6.71. The third-order valence-corrected chi connectivity index (χ3v) is 8.56. The lowest BCUT2D eigenvalue weighted by molar-refractivity contribution is 0.169. The molecular weight excluding hydrogens is 423 g/mol. The highest BCUT2D eigenvalue weighted by molar-refractivity contribution is 7.93. The van der Waals surface area contributed by atoms with Gasteiger partial charge in [0.1, 0.15) is 10.7 Å². The summed E-state index contributed by atoms with van der Waals surface area (Å²) < 4.78 is 43.0. The van der Waals surface area contributed by atoms with Crippen molar-refractivity contribution in [2.45, 2.75) is 62.4 Å². The van der Waals surface area contributed by atoms with Crippen LogP contribution in [0.3, 0.4) is 0 Å². The monoisotopic (exact) mass is 452 g/mol. The Morgan fingerprint density at radius 3 is 2.83 bits per heavy atom. The van der Waals surface area contributed by atoms with Crippen LogP contribution in [0.15, 0.2) is 28.6 Å². The Kier molecular flexibility index (Phi) is 6.31. The number of anilines is 2. The molecule has 1 fully saturated rings. The second-order valence-corrected chi connectivity index (χ2v) is 10.7. The summed E-state index contributed by atoms with van der Waals surface area (Å²) in [6.07, 6.45) is 7.84. The Balaban J connectivity index is 1.67. The molecule has 2 aliphatic rings. The summed E-state index contributed by atoms with van der Waals surface area (Å²) in [4.78, 5) is 8.37. The lowest BCUT2D eigenvalue weighted by Crippen LogP contribution is -2.53. The number of likely N-dealkylation sites (N-methyl/N-ethyl adjacent to an activating group) is 1. The molecule has 9 heteroatoms. The molecule has 0 radical (unpaired) electrons. The summed E-state index contributed by atoms with van der Waals surface area (Å²) in [5.74, 6) is -0.707. The van der Waals surface area contributed by atoms with E-state index in [1.165, 1.54) is 42.5 Å². The number of benzene rings is 1. The number of thiazole rings is 1. The van der Waals surface area contributed by atoms with E-state index in [0.29, 0.717) is 12.1 Å². The van der Waals surface area contributed by atoms with Crippen LogP contribution in [0.5, 0.6) is 0 Å². The van der Waals surface area contributed by atoms with Gasteiger partial charge in [-0.15, -0.1) is 11.3 Å². The molecule has 0 amide bonds. The Morgan fingerprint density at radius 2 is 2.10 bits per heavy atom. The molecule has 4 rings (SSSR count). The minimum Gasteiger partial charge on any atom is -0.367 e. The van der Waals surface area contributed by atoms with Gasteiger partial charge in [0.05, 0.1) is 0 Å². The maximum Gasteiger partial charge on any atom is 0.266 e. The Bertz CT molecular complexity index is 981. The Labute approximate surface area is 182 Å². The highest BCUT2D eigenvalue weighted by Gasteiger charge is 2.35. The Hall–Kier alpha value is -1.71. The van der Waals surface area contributed by atoms with Crippen molar-refractivity contribution in [1.82, 2.24) is 9.88 Å². The fraction of sp³-hybridized carbons (Fsp3) is 0.571. The fourth-order valence-electron chi connectivity index (χ4n) is 4.81. The highest BCUT2D eigenvalue weighted by Crippen LogP contribution is 2.37. The molecule has 1 aliphatic heterocycles. The highest BCUT2D eigenvalue weighted by atomic mass is 32.2. The molecule has 1 saturated carbocycles. The average Bonchev–Trinajstić information content (AvgIpc) is 3.24. The van der Waals surface area contributed by atoms with Crippen molar-refractivity contribution in [2.24, 2.45) is 0 Å². The number of fused-ring (bicyclic) bond motifs is 1. The number of sulfonamides is 1. The zero-order chi connectivity index (χ0) is 21.3. The zero-order valence-corrected chi connectivity index (χ0v) is 19.1. The third-order valence-electron chi connectivity index (χ3n) is 6.39. The van der Waals surface area contributed by atoms with Crippen molar-refractivity contribution in [3.63, 3.8) is 0 Å². The van der Waals surface area contributed by atoms with Gasteiger partial charge in [0.25, 0.3) is 10.0 Å². The van der Waals surface area contributed by atoms with Gasteiger partial charge in [-0.1, -0.05) is 19.8 Å². The number of hydrogen-bond acceptors (Lipinski definition) is 6. The average molecular weight is 453 g/mol. The summed E-state index contributed by atoms with van der Waals surface area (Å²) in [7, 11) is -1.86. The van der Waals surface area contributed by atoms with Crippen molar-refractivity contribution in [2.75, 3.05) is 29.8 Å². The first-order chi connectivity index (χ1) is 14.4. The predicted molar refractivity (Wildman–Crippen MR) is 119 cm³/mol. The van der Waals surface area contributed by atoms with E-state index in [4.69, 9.17) is 0 Å². The minimum absolute atomic E-state index is 0.237. The van der Waals surface area contributed by atoms with Gasteiger partial charge in [0.2, 0.25) is 0 Å². The molecule has 2 heterocycles. The normalized spacial score (nSPS) is 22.2. The maximum absolute atomic E-state index is 15.1. The number of aryl methyl sites for hydroxylation is 1. The van der Waals surface area contributed by atoms with Crippen LogP contribution >= 0.6 is 11.3 Å². The molecule has 1 aliphatic carbocycles. The SMILES string of the molecule is CCN(C)[C@H]1CCCC[C@@H]1N1CCCc2cc(S(=O)(=O)Nc3nccs3)c(F)cc21. The van der Waals surface area contributed by atoms with Crippen molar-refractivity contribution in [3.8, 4) is 0 Å². The largest absolute Gasteiger partial charge is 0.367 e. The first kappa shape index (κ1) is 21.5. The van der Waals surface area contributed by atoms with Crippen LogP contribution in [0.1, 0.15) is 44.6 Å². The standard InChI is InChI=1S/C21H29FN4O2S2/c1-3-25(2)17-8-4-5-9-18(17)26-11-6-7-15-13-20(16(22)14-19(15)26)30(27,28)24-21-23-10-12-29-21/h10,12-14,17-18H,3-9,11H2,1-2H3,(H,23,24)/t17-,18-/m0/s1. The van der Waals surface area contributed by atoms with Crippen LogP contribution in [0, 0.1) is 5.82 Å². The number of halogens is 1. The molecule has 0 bridgehead atoms. The van der Waals surface area contributed by atoms with E-state index in [1.54, 1.807) is 5.38 Å². The van der Waals surface area contributed by atoms with Gasteiger partial charge >= 0.3 is 0 Å². The maximum atomic E-state index is 15.1. The van der Waals surface area contributed by atoms with Crippen molar-refractivity contribution < 1.29 is 12.8 Å². The van der Waals surface area contributed by atoms with Gasteiger partial charge in [-0.25, -0.2) is 17.8 Å². The van der Waals surface area contributed by atoms with Crippen molar-refractivity contribution in [1.29, 1.82) is 0 Å². The van der Waals surface area contributed by atoms with Crippen LogP contribution in [0.25, 0.3) is 0 Å². The van der Waals surface area contributed by atoms with Crippen LogP contribution < -0.4 is 9.62 Å². The van der Waals surface area contributed by atoms with E-state index in [0.717, 1.165) is 50.0 Å². The summed E-state index contributed by atoms with van der Waals surface area (Å²) in [5, 5.41) is 1.91. The summed E-state index contributed by atoms with van der Waals surface area (Å²) >= 11 is 1.17. The molecule has 0 spiro atoms. The van der Waals surface area contributed by atoms with Crippen LogP contribution in [-0.4, -0.2) is 50.5 Å². The Morgan fingerprint density at radius 1 is 1.30 bits per heavy atom. The van der Waals surface area contributed by atoms with E-state index < -0.39 is 15.8 Å². The van der Waals surface area contributed by atoms with Gasteiger partial charge in [0.15, 0.2) is 5.13 Å². The molecule has 0 unspecified atom stereocenters. The van der Waals surface area contributed by atoms with Crippen LogP contribution in [0.4, 0.5) is 15.2 Å².